The summed E-state index contributed by atoms with van der Waals surface area (Å²) in [5.41, 5.74) is 0. The van der Waals surface area contributed by atoms with Gasteiger partial charge in [0, 0.05) is 38.5 Å². The first-order chi connectivity index (χ1) is 9.33. The molecule has 5 heteroatoms. The van der Waals surface area contributed by atoms with Crippen molar-refractivity contribution in [1.29, 1.82) is 0 Å². The molecule has 1 fully saturated rings. The fourth-order valence-corrected chi connectivity index (χ4v) is 2.91. The number of amides is 1. The van der Waals surface area contributed by atoms with Crippen LogP contribution in [-0.2, 0) is 22.5 Å². The van der Waals surface area contributed by atoms with E-state index in [-0.39, 0.29) is 12.0 Å². The minimum absolute atomic E-state index is 0.0659. The minimum Gasteiger partial charge on any atom is -0.368 e. The van der Waals surface area contributed by atoms with E-state index in [1.54, 1.807) is 0 Å². The van der Waals surface area contributed by atoms with E-state index in [9.17, 15) is 4.79 Å². The molecule has 2 aliphatic rings. The lowest BCUT2D eigenvalue weighted by atomic mass is 9.99. The molecule has 1 saturated heterocycles. The second-order valence-electron chi connectivity index (χ2n) is 5.50. The van der Waals surface area contributed by atoms with E-state index in [4.69, 9.17) is 4.74 Å². The molecule has 5 nitrogen and oxygen atoms in total. The number of hydrogen-bond acceptors (Lipinski definition) is 3. The SMILES string of the molecule is O=C(NC[C@H]1CCc2nccn2C1)[C@H]1CCCCO1. The molecule has 1 aromatic rings. The third-order valence-electron chi connectivity index (χ3n) is 4.07. The van der Waals surface area contributed by atoms with Gasteiger partial charge in [-0.2, -0.15) is 0 Å². The van der Waals surface area contributed by atoms with Crippen molar-refractivity contribution in [2.45, 2.75) is 44.8 Å². The van der Waals surface area contributed by atoms with E-state index in [2.05, 4.69) is 14.9 Å². The molecular weight excluding hydrogens is 242 g/mol. The maximum absolute atomic E-state index is 12.0. The first-order valence-corrected chi connectivity index (χ1v) is 7.22. The van der Waals surface area contributed by atoms with Crippen LogP contribution in [0.15, 0.2) is 12.4 Å². The molecule has 0 bridgehead atoms. The van der Waals surface area contributed by atoms with Crippen LogP contribution < -0.4 is 5.32 Å². The zero-order valence-electron chi connectivity index (χ0n) is 11.2. The van der Waals surface area contributed by atoms with Crippen LogP contribution in [0.5, 0.6) is 0 Å². The lowest BCUT2D eigenvalue weighted by molar-refractivity contribution is -0.135. The summed E-state index contributed by atoms with van der Waals surface area (Å²) in [7, 11) is 0. The van der Waals surface area contributed by atoms with Gasteiger partial charge in [-0.25, -0.2) is 4.98 Å². The number of hydrogen-bond donors (Lipinski definition) is 1. The lowest BCUT2D eigenvalue weighted by Crippen LogP contribution is -2.41. The molecule has 2 aliphatic heterocycles. The topological polar surface area (TPSA) is 56.2 Å². The minimum atomic E-state index is -0.221. The van der Waals surface area contributed by atoms with Crippen LogP contribution in [0.25, 0.3) is 0 Å². The number of imidazole rings is 1. The average Bonchev–Trinajstić information content (AvgIpc) is 2.93. The van der Waals surface area contributed by atoms with Crippen LogP contribution in [0.3, 0.4) is 0 Å². The Morgan fingerprint density at radius 3 is 3.26 bits per heavy atom. The summed E-state index contributed by atoms with van der Waals surface area (Å²) in [6, 6.07) is 0. The maximum atomic E-state index is 12.0. The smallest absolute Gasteiger partial charge is 0.249 e. The fourth-order valence-electron chi connectivity index (χ4n) is 2.91. The Morgan fingerprint density at radius 1 is 1.47 bits per heavy atom. The molecule has 0 aromatic carbocycles. The fraction of sp³-hybridized carbons (Fsp3) is 0.714. The molecule has 2 atom stereocenters. The Hall–Kier alpha value is -1.36. The van der Waals surface area contributed by atoms with Crippen LogP contribution in [0.2, 0.25) is 0 Å². The van der Waals surface area contributed by atoms with E-state index in [0.717, 1.165) is 57.6 Å². The molecule has 0 aliphatic carbocycles. The summed E-state index contributed by atoms with van der Waals surface area (Å²) in [5, 5.41) is 3.05. The number of carbonyl (C=O) groups is 1. The first-order valence-electron chi connectivity index (χ1n) is 7.22. The van der Waals surface area contributed by atoms with Crippen molar-refractivity contribution in [3.05, 3.63) is 18.2 Å². The van der Waals surface area contributed by atoms with Gasteiger partial charge in [-0.05, 0) is 31.6 Å². The van der Waals surface area contributed by atoms with Gasteiger partial charge in [-0.15, -0.1) is 0 Å². The molecule has 1 N–H and O–H groups in total. The molecule has 104 valence electrons. The molecule has 19 heavy (non-hydrogen) atoms. The maximum Gasteiger partial charge on any atom is 0.249 e. The number of aryl methyl sites for hydroxylation is 1. The van der Waals surface area contributed by atoms with Crippen LogP contribution in [-0.4, -0.2) is 34.7 Å². The molecule has 0 saturated carbocycles. The molecule has 0 radical (unpaired) electrons. The van der Waals surface area contributed by atoms with E-state index >= 15 is 0 Å². The van der Waals surface area contributed by atoms with E-state index in [1.807, 2.05) is 12.4 Å². The zero-order chi connectivity index (χ0) is 13.1. The highest BCUT2D eigenvalue weighted by atomic mass is 16.5. The van der Waals surface area contributed by atoms with Crippen LogP contribution in [0.4, 0.5) is 0 Å². The first kappa shape index (κ1) is 12.7. The molecule has 0 unspecified atom stereocenters. The average molecular weight is 263 g/mol. The van der Waals surface area contributed by atoms with Crippen molar-refractivity contribution in [3.8, 4) is 0 Å². The largest absolute Gasteiger partial charge is 0.368 e. The molecule has 1 aromatic heterocycles. The number of nitrogens with one attached hydrogen (secondary N) is 1. The summed E-state index contributed by atoms with van der Waals surface area (Å²) in [6.45, 7) is 2.43. The van der Waals surface area contributed by atoms with Gasteiger partial charge < -0.3 is 14.6 Å². The zero-order valence-corrected chi connectivity index (χ0v) is 11.2. The third kappa shape index (κ3) is 2.97. The van der Waals surface area contributed by atoms with Gasteiger partial charge in [-0.1, -0.05) is 0 Å². The number of rotatable bonds is 3. The standard InChI is InChI=1S/C14H21N3O2/c18-14(12-3-1-2-8-19-12)16-9-11-4-5-13-15-6-7-17(13)10-11/h6-7,11-12H,1-5,8-10H2,(H,16,18)/t11-,12-/m1/s1. The predicted octanol–water partition coefficient (Wildman–Crippen LogP) is 1.13. The van der Waals surface area contributed by atoms with Crippen LogP contribution in [0, 0.1) is 5.92 Å². The summed E-state index contributed by atoms with van der Waals surface area (Å²) in [6.07, 6.45) is 8.80. The van der Waals surface area contributed by atoms with Gasteiger partial charge in [0.2, 0.25) is 5.91 Å². The van der Waals surface area contributed by atoms with Gasteiger partial charge in [0.25, 0.3) is 0 Å². The molecule has 1 amide bonds. The van der Waals surface area contributed by atoms with Crippen molar-refractivity contribution in [1.82, 2.24) is 14.9 Å². The third-order valence-corrected chi connectivity index (χ3v) is 4.07. The van der Waals surface area contributed by atoms with Crippen LogP contribution >= 0.6 is 0 Å². The Bertz CT molecular complexity index is 438. The Morgan fingerprint density at radius 2 is 2.42 bits per heavy atom. The van der Waals surface area contributed by atoms with E-state index in [1.165, 1.54) is 0 Å². The number of aromatic nitrogens is 2. The Labute approximate surface area is 113 Å². The molecule has 3 heterocycles. The summed E-state index contributed by atoms with van der Waals surface area (Å²) >= 11 is 0. The van der Waals surface area contributed by atoms with Crippen molar-refractivity contribution in [2.24, 2.45) is 5.92 Å². The van der Waals surface area contributed by atoms with Crippen molar-refractivity contribution in [3.63, 3.8) is 0 Å². The number of nitrogens with zero attached hydrogens (tertiary/aromatic N) is 2. The lowest BCUT2D eigenvalue weighted by Gasteiger charge is -2.26. The van der Waals surface area contributed by atoms with Gasteiger partial charge in [0.05, 0.1) is 0 Å². The van der Waals surface area contributed by atoms with Crippen molar-refractivity contribution < 1.29 is 9.53 Å². The van der Waals surface area contributed by atoms with E-state index in [0.29, 0.717) is 5.92 Å². The van der Waals surface area contributed by atoms with Crippen molar-refractivity contribution >= 4 is 5.91 Å². The normalized spacial score (nSPS) is 26.7. The number of carbonyl (C=O) groups excluding carboxylic acids is 1. The summed E-state index contributed by atoms with van der Waals surface area (Å²) in [4.78, 5) is 16.3. The predicted molar refractivity (Wildman–Crippen MR) is 70.6 cm³/mol. The van der Waals surface area contributed by atoms with Gasteiger partial charge >= 0.3 is 0 Å². The van der Waals surface area contributed by atoms with Crippen molar-refractivity contribution in [2.75, 3.05) is 13.2 Å². The second kappa shape index (κ2) is 5.74. The van der Waals surface area contributed by atoms with Gasteiger partial charge in [0.15, 0.2) is 0 Å². The quantitative estimate of drug-likeness (QED) is 0.889. The number of ether oxygens (including phenoxy) is 1. The Balaban J connectivity index is 1.46. The highest BCUT2D eigenvalue weighted by Crippen LogP contribution is 2.18. The van der Waals surface area contributed by atoms with Gasteiger partial charge in [-0.3, -0.25) is 4.79 Å². The molecular formula is C14H21N3O2. The Kier molecular flexibility index (Phi) is 3.82. The van der Waals surface area contributed by atoms with E-state index < -0.39 is 0 Å². The summed E-state index contributed by atoms with van der Waals surface area (Å²) in [5.74, 6) is 1.74. The van der Waals surface area contributed by atoms with Gasteiger partial charge in [0.1, 0.15) is 11.9 Å². The highest BCUT2D eigenvalue weighted by molar-refractivity contribution is 5.80. The second-order valence-corrected chi connectivity index (χ2v) is 5.50. The molecule has 0 spiro atoms. The monoisotopic (exact) mass is 263 g/mol. The molecule has 3 rings (SSSR count). The van der Waals surface area contributed by atoms with Crippen LogP contribution in [0.1, 0.15) is 31.5 Å². The summed E-state index contributed by atoms with van der Waals surface area (Å²) < 4.78 is 7.69. The number of fused-ring (bicyclic) bond motifs is 1. The highest BCUT2D eigenvalue weighted by Gasteiger charge is 2.24.